The Morgan fingerprint density at radius 1 is 1.29 bits per heavy atom. The molecular formula is C16H17ClN2O2. The van der Waals surface area contributed by atoms with Crippen LogP contribution in [-0.4, -0.2) is 23.1 Å². The van der Waals surface area contributed by atoms with E-state index < -0.39 is 5.97 Å². The van der Waals surface area contributed by atoms with Crippen molar-refractivity contribution in [3.63, 3.8) is 0 Å². The van der Waals surface area contributed by atoms with E-state index in [1.165, 1.54) is 0 Å². The highest BCUT2D eigenvalue weighted by Crippen LogP contribution is 2.23. The molecule has 1 aromatic carbocycles. The molecule has 2 rings (SSSR count). The van der Waals surface area contributed by atoms with Gasteiger partial charge in [-0.2, -0.15) is 0 Å². The molecule has 2 aromatic rings. The van der Waals surface area contributed by atoms with Gasteiger partial charge in [-0.05, 0) is 43.2 Å². The standard InChI is InChI=1S/C16H17ClN2O2/c1-10-8-11(2)18-15(14(10)16(20)21)19(3)9-12-4-6-13(17)7-5-12/h4-8H,9H2,1-3H3,(H,20,21). The first-order valence-electron chi connectivity index (χ1n) is 6.55. The van der Waals surface area contributed by atoms with Crippen LogP contribution in [0, 0.1) is 13.8 Å². The summed E-state index contributed by atoms with van der Waals surface area (Å²) in [6.07, 6.45) is 0. The monoisotopic (exact) mass is 304 g/mol. The molecular weight excluding hydrogens is 288 g/mol. The van der Waals surface area contributed by atoms with E-state index in [0.717, 1.165) is 11.3 Å². The molecule has 5 heteroatoms. The largest absolute Gasteiger partial charge is 0.478 e. The number of benzene rings is 1. The molecule has 0 spiro atoms. The van der Waals surface area contributed by atoms with Crippen molar-refractivity contribution in [2.24, 2.45) is 0 Å². The maximum absolute atomic E-state index is 11.5. The Morgan fingerprint density at radius 2 is 1.90 bits per heavy atom. The minimum Gasteiger partial charge on any atom is -0.478 e. The number of rotatable bonds is 4. The van der Waals surface area contributed by atoms with Gasteiger partial charge in [0.25, 0.3) is 0 Å². The van der Waals surface area contributed by atoms with Crippen LogP contribution < -0.4 is 4.90 Å². The molecule has 21 heavy (non-hydrogen) atoms. The minimum absolute atomic E-state index is 0.247. The van der Waals surface area contributed by atoms with E-state index in [1.807, 2.05) is 43.1 Å². The van der Waals surface area contributed by atoms with Crippen molar-refractivity contribution in [3.05, 3.63) is 57.7 Å². The first-order chi connectivity index (χ1) is 9.88. The molecule has 0 aliphatic heterocycles. The maximum Gasteiger partial charge on any atom is 0.339 e. The number of carboxylic acid groups (broad SMARTS) is 1. The Balaban J connectivity index is 2.36. The average Bonchev–Trinajstić information content (AvgIpc) is 2.39. The number of carboxylic acids is 1. The molecule has 0 amide bonds. The predicted octanol–water partition coefficient (Wildman–Crippen LogP) is 3.69. The summed E-state index contributed by atoms with van der Waals surface area (Å²) in [7, 11) is 1.84. The van der Waals surface area contributed by atoms with Gasteiger partial charge in [0.1, 0.15) is 11.4 Å². The Hall–Kier alpha value is -2.07. The zero-order valence-electron chi connectivity index (χ0n) is 12.2. The average molecular weight is 305 g/mol. The molecule has 1 N–H and O–H groups in total. The molecule has 0 unspecified atom stereocenters. The van der Waals surface area contributed by atoms with Crippen LogP contribution >= 0.6 is 11.6 Å². The van der Waals surface area contributed by atoms with Crippen LogP contribution in [-0.2, 0) is 6.54 Å². The third-order valence-electron chi connectivity index (χ3n) is 3.23. The lowest BCUT2D eigenvalue weighted by atomic mass is 10.1. The summed E-state index contributed by atoms with van der Waals surface area (Å²) in [5.41, 5.74) is 2.81. The van der Waals surface area contributed by atoms with E-state index in [2.05, 4.69) is 4.98 Å². The number of pyridine rings is 1. The van der Waals surface area contributed by atoms with Crippen molar-refractivity contribution in [2.75, 3.05) is 11.9 Å². The molecule has 0 atom stereocenters. The van der Waals surface area contributed by atoms with Crippen LogP contribution in [0.1, 0.15) is 27.2 Å². The second-order valence-corrected chi connectivity index (χ2v) is 5.50. The number of aromatic carboxylic acids is 1. The SMILES string of the molecule is Cc1cc(C)c(C(=O)O)c(N(C)Cc2ccc(Cl)cc2)n1. The van der Waals surface area contributed by atoms with Crippen LogP contribution in [0.5, 0.6) is 0 Å². The molecule has 0 saturated carbocycles. The number of carbonyl (C=O) groups is 1. The summed E-state index contributed by atoms with van der Waals surface area (Å²) in [5, 5.41) is 10.1. The Labute approximate surface area is 129 Å². The normalized spacial score (nSPS) is 10.5. The Bertz CT molecular complexity index is 669. The van der Waals surface area contributed by atoms with E-state index in [0.29, 0.717) is 22.9 Å². The summed E-state index contributed by atoms with van der Waals surface area (Å²) >= 11 is 5.87. The zero-order valence-corrected chi connectivity index (χ0v) is 13.0. The van der Waals surface area contributed by atoms with Crippen molar-refractivity contribution < 1.29 is 9.90 Å². The molecule has 0 bridgehead atoms. The lowest BCUT2D eigenvalue weighted by molar-refractivity contribution is 0.0696. The molecule has 0 aliphatic rings. The van der Waals surface area contributed by atoms with E-state index >= 15 is 0 Å². The van der Waals surface area contributed by atoms with E-state index in [-0.39, 0.29) is 5.56 Å². The third-order valence-corrected chi connectivity index (χ3v) is 3.49. The van der Waals surface area contributed by atoms with Gasteiger partial charge in [0.05, 0.1) is 0 Å². The first kappa shape index (κ1) is 15.3. The van der Waals surface area contributed by atoms with Crippen molar-refractivity contribution in [1.82, 2.24) is 4.98 Å². The molecule has 1 aromatic heterocycles. The topological polar surface area (TPSA) is 53.4 Å². The number of aromatic nitrogens is 1. The number of hydrogen-bond donors (Lipinski definition) is 1. The minimum atomic E-state index is -0.960. The van der Waals surface area contributed by atoms with Gasteiger partial charge in [-0.15, -0.1) is 0 Å². The first-order valence-corrected chi connectivity index (χ1v) is 6.93. The summed E-state index contributed by atoms with van der Waals surface area (Å²) in [5.74, 6) is -0.479. The highest BCUT2D eigenvalue weighted by atomic mass is 35.5. The fourth-order valence-corrected chi connectivity index (χ4v) is 2.42. The predicted molar refractivity (Wildman–Crippen MR) is 84.2 cm³/mol. The molecule has 1 heterocycles. The fraction of sp³-hybridized carbons (Fsp3) is 0.250. The van der Waals surface area contributed by atoms with Crippen molar-refractivity contribution >= 4 is 23.4 Å². The van der Waals surface area contributed by atoms with Gasteiger partial charge in [-0.25, -0.2) is 9.78 Å². The second kappa shape index (κ2) is 6.14. The number of nitrogens with zero attached hydrogens (tertiary/aromatic N) is 2. The zero-order chi connectivity index (χ0) is 15.6. The molecule has 0 fully saturated rings. The number of halogens is 1. The highest BCUT2D eigenvalue weighted by molar-refractivity contribution is 6.30. The Kier molecular flexibility index (Phi) is 4.48. The number of aryl methyl sites for hydroxylation is 2. The summed E-state index contributed by atoms with van der Waals surface area (Å²) in [6, 6.07) is 9.25. The highest BCUT2D eigenvalue weighted by Gasteiger charge is 2.18. The Morgan fingerprint density at radius 3 is 2.48 bits per heavy atom. The second-order valence-electron chi connectivity index (χ2n) is 5.07. The van der Waals surface area contributed by atoms with Crippen LogP contribution in [0.25, 0.3) is 0 Å². The summed E-state index contributed by atoms with van der Waals surface area (Å²) in [4.78, 5) is 17.7. The quantitative estimate of drug-likeness (QED) is 0.936. The smallest absolute Gasteiger partial charge is 0.339 e. The molecule has 110 valence electrons. The third kappa shape index (κ3) is 3.52. The van der Waals surface area contributed by atoms with Gasteiger partial charge in [-0.3, -0.25) is 0 Å². The van der Waals surface area contributed by atoms with Gasteiger partial charge in [0.2, 0.25) is 0 Å². The number of hydrogen-bond acceptors (Lipinski definition) is 3. The summed E-state index contributed by atoms with van der Waals surface area (Å²) < 4.78 is 0. The molecule has 0 radical (unpaired) electrons. The van der Waals surface area contributed by atoms with Gasteiger partial charge in [-0.1, -0.05) is 23.7 Å². The molecule has 0 aliphatic carbocycles. The summed E-state index contributed by atoms with van der Waals surface area (Å²) in [6.45, 7) is 4.21. The lowest BCUT2D eigenvalue weighted by Crippen LogP contribution is -2.22. The van der Waals surface area contributed by atoms with Gasteiger partial charge < -0.3 is 10.0 Å². The van der Waals surface area contributed by atoms with Crippen LogP contribution in [0.15, 0.2) is 30.3 Å². The maximum atomic E-state index is 11.5. The van der Waals surface area contributed by atoms with Crippen LogP contribution in [0.3, 0.4) is 0 Å². The van der Waals surface area contributed by atoms with Crippen molar-refractivity contribution in [3.8, 4) is 0 Å². The molecule has 0 saturated heterocycles. The fourth-order valence-electron chi connectivity index (χ4n) is 2.30. The van der Waals surface area contributed by atoms with Gasteiger partial charge in [0.15, 0.2) is 0 Å². The van der Waals surface area contributed by atoms with Crippen LogP contribution in [0.2, 0.25) is 5.02 Å². The van der Waals surface area contributed by atoms with E-state index in [4.69, 9.17) is 11.6 Å². The van der Waals surface area contributed by atoms with Crippen molar-refractivity contribution in [1.29, 1.82) is 0 Å². The lowest BCUT2D eigenvalue weighted by Gasteiger charge is -2.21. The van der Waals surface area contributed by atoms with Crippen LogP contribution in [0.4, 0.5) is 5.82 Å². The number of anilines is 1. The van der Waals surface area contributed by atoms with Crippen molar-refractivity contribution in [2.45, 2.75) is 20.4 Å². The van der Waals surface area contributed by atoms with E-state index in [1.54, 1.807) is 13.0 Å². The van der Waals surface area contributed by atoms with E-state index in [9.17, 15) is 9.90 Å². The molecule has 4 nitrogen and oxygen atoms in total. The van der Waals surface area contributed by atoms with Gasteiger partial charge >= 0.3 is 5.97 Å². The van der Waals surface area contributed by atoms with Gasteiger partial charge in [0, 0.05) is 24.3 Å².